The fourth-order valence-electron chi connectivity index (χ4n) is 2.81. The highest BCUT2D eigenvalue weighted by Crippen LogP contribution is 2.18. The number of nitro benzene ring substituents is 1. The maximum atomic E-state index is 10.7. The van der Waals surface area contributed by atoms with Gasteiger partial charge in [-0.3, -0.25) is 15.0 Å². The summed E-state index contributed by atoms with van der Waals surface area (Å²) in [6.07, 6.45) is 3.51. The Morgan fingerprint density at radius 1 is 1.29 bits per heavy atom. The van der Waals surface area contributed by atoms with Crippen molar-refractivity contribution in [2.75, 3.05) is 19.6 Å². The molecule has 6 heteroatoms. The minimum Gasteiger partial charge on any atom is -0.317 e. The van der Waals surface area contributed by atoms with E-state index in [2.05, 4.69) is 17.1 Å². The Labute approximate surface area is 132 Å². The van der Waals surface area contributed by atoms with Crippen LogP contribution in [0.15, 0.2) is 24.3 Å². The third-order valence-electron chi connectivity index (χ3n) is 3.87. The summed E-state index contributed by atoms with van der Waals surface area (Å²) in [5.41, 5.74) is 1.32. The second-order valence-corrected chi connectivity index (χ2v) is 5.38. The van der Waals surface area contributed by atoms with Crippen LogP contribution >= 0.6 is 12.4 Å². The van der Waals surface area contributed by atoms with E-state index < -0.39 is 0 Å². The minimum absolute atomic E-state index is 0. The van der Waals surface area contributed by atoms with Gasteiger partial charge >= 0.3 is 0 Å². The molecule has 0 atom stereocenters. The highest BCUT2D eigenvalue weighted by atomic mass is 35.5. The van der Waals surface area contributed by atoms with Gasteiger partial charge in [-0.05, 0) is 44.5 Å². The first kappa shape index (κ1) is 17.9. The van der Waals surface area contributed by atoms with Gasteiger partial charge in [0, 0.05) is 24.7 Å². The number of rotatable bonds is 6. The van der Waals surface area contributed by atoms with E-state index in [9.17, 15) is 10.1 Å². The maximum Gasteiger partial charge on any atom is 0.269 e. The summed E-state index contributed by atoms with van der Waals surface area (Å²) in [5, 5.41) is 14.1. The second kappa shape index (κ2) is 8.97. The van der Waals surface area contributed by atoms with Crippen LogP contribution < -0.4 is 5.32 Å². The molecular weight excluding hydrogens is 290 g/mol. The van der Waals surface area contributed by atoms with E-state index in [4.69, 9.17) is 0 Å². The van der Waals surface area contributed by atoms with Crippen LogP contribution in [0.4, 0.5) is 5.69 Å². The Hall–Kier alpha value is -1.17. The van der Waals surface area contributed by atoms with E-state index in [1.807, 2.05) is 12.1 Å². The molecule has 5 nitrogen and oxygen atoms in total. The van der Waals surface area contributed by atoms with Crippen LogP contribution in [0.5, 0.6) is 0 Å². The number of halogens is 1. The molecule has 0 radical (unpaired) electrons. The summed E-state index contributed by atoms with van der Waals surface area (Å²) in [5.74, 6) is 0. The number of non-ortho nitro benzene ring substituents is 1. The van der Waals surface area contributed by atoms with Crippen molar-refractivity contribution >= 4 is 18.1 Å². The SMILES string of the molecule is CCCN(Cc1ccc([N+](=O)[O-])cc1)C1CCNCC1.Cl. The van der Waals surface area contributed by atoms with E-state index in [1.54, 1.807) is 12.1 Å². The average Bonchev–Trinajstić information content (AvgIpc) is 2.48. The first-order chi connectivity index (χ1) is 9.70. The van der Waals surface area contributed by atoms with Crippen LogP contribution in [0.25, 0.3) is 0 Å². The molecule has 0 bridgehead atoms. The van der Waals surface area contributed by atoms with Gasteiger partial charge in [-0.1, -0.05) is 19.1 Å². The largest absolute Gasteiger partial charge is 0.317 e. The number of nitrogens with one attached hydrogen (secondary N) is 1. The summed E-state index contributed by atoms with van der Waals surface area (Å²) in [6.45, 7) is 6.35. The van der Waals surface area contributed by atoms with Gasteiger partial charge in [-0.15, -0.1) is 12.4 Å². The molecule has 0 aromatic heterocycles. The Balaban J connectivity index is 0.00000220. The van der Waals surface area contributed by atoms with Gasteiger partial charge in [0.15, 0.2) is 0 Å². The molecule has 2 rings (SSSR count). The number of benzene rings is 1. The number of nitro groups is 1. The zero-order valence-corrected chi connectivity index (χ0v) is 13.3. The molecule has 0 unspecified atom stereocenters. The summed E-state index contributed by atoms with van der Waals surface area (Å²) in [7, 11) is 0. The molecule has 1 heterocycles. The number of piperidine rings is 1. The average molecular weight is 314 g/mol. The maximum absolute atomic E-state index is 10.7. The Kier molecular flexibility index (Phi) is 7.64. The lowest BCUT2D eigenvalue weighted by molar-refractivity contribution is -0.384. The van der Waals surface area contributed by atoms with Gasteiger partial charge in [0.1, 0.15) is 0 Å². The summed E-state index contributed by atoms with van der Waals surface area (Å²) >= 11 is 0. The molecule has 1 fully saturated rings. The molecule has 1 aliphatic rings. The van der Waals surface area contributed by atoms with Crippen molar-refractivity contribution in [2.45, 2.75) is 38.8 Å². The van der Waals surface area contributed by atoms with Crippen molar-refractivity contribution in [2.24, 2.45) is 0 Å². The lowest BCUT2D eigenvalue weighted by atomic mass is 10.0. The summed E-state index contributed by atoms with van der Waals surface area (Å²) in [6, 6.07) is 7.58. The first-order valence-electron chi connectivity index (χ1n) is 7.39. The molecular formula is C15H24ClN3O2. The van der Waals surface area contributed by atoms with Crippen molar-refractivity contribution in [3.8, 4) is 0 Å². The van der Waals surface area contributed by atoms with Crippen LogP contribution in [-0.4, -0.2) is 35.5 Å². The predicted octanol–water partition coefficient (Wildman–Crippen LogP) is 2.98. The third-order valence-corrected chi connectivity index (χ3v) is 3.87. The highest BCUT2D eigenvalue weighted by molar-refractivity contribution is 5.85. The number of hydrogen-bond donors (Lipinski definition) is 1. The van der Waals surface area contributed by atoms with Crippen LogP contribution in [0, 0.1) is 10.1 Å². The summed E-state index contributed by atoms with van der Waals surface area (Å²) < 4.78 is 0. The lowest BCUT2D eigenvalue weighted by Crippen LogP contribution is -2.43. The smallest absolute Gasteiger partial charge is 0.269 e. The monoisotopic (exact) mass is 313 g/mol. The molecule has 21 heavy (non-hydrogen) atoms. The van der Waals surface area contributed by atoms with Crippen LogP contribution in [0.2, 0.25) is 0 Å². The van der Waals surface area contributed by atoms with Crippen molar-refractivity contribution in [3.05, 3.63) is 39.9 Å². The van der Waals surface area contributed by atoms with Crippen LogP contribution in [0.3, 0.4) is 0 Å². The first-order valence-corrected chi connectivity index (χ1v) is 7.39. The normalized spacial score (nSPS) is 15.7. The molecule has 0 aliphatic carbocycles. The summed E-state index contributed by atoms with van der Waals surface area (Å²) in [4.78, 5) is 12.8. The Morgan fingerprint density at radius 3 is 2.43 bits per heavy atom. The van der Waals surface area contributed by atoms with Gasteiger partial charge in [-0.25, -0.2) is 0 Å². The van der Waals surface area contributed by atoms with E-state index in [0.29, 0.717) is 6.04 Å². The molecule has 1 saturated heterocycles. The fourth-order valence-corrected chi connectivity index (χ4v) is 2.81. The van der Waals surface area contributed by atoms with Gasteiger partial charge in [0.2, 0.25) is 0 Å². The minimum atomic E-state index is -0.347. The van der Waals surface area contributed by atoms with E-state index in [1.165, 1.54) is 12.8 Å². The topological polar surface area (TPSA) is 58.4 Å². The molecule has 118 valence electrons. The van der Waals surface area contributed by atoms with Crippen molar-refractivity contribution in [1.82, 2.24) is 10.2 Å². The molecule has 1 aromatic carbocycles. The molecule has 1 N–H and O–H groups in total. The number of nitrogens with zero attached hydrogens (tertiary/aromatic N) is 2. The molecule has 1 aromatic rings. The fraction of sp³-hybridized carbons (Fsp3) is 0.600. The Bertz CT molecular complexity index is 433. The zero-order valence-electron chi connectivity index (χ0n) is 12.5. The molecule has 0 saturated carbocycles. The third kappa shape index (κ3) is 5.26. The number of hydrogen-bond acceptors (Lipinski definition) is 4. The zero-order chi connectivity index (χ0) is 14.4. The van der Waals surface area contributed by atoms with Gasteiger partial charge in [0.25, 0.3) is 5.69 Å². The predicted molar refractivity (Wildman–Crippen MR) is 86.9 cm³/mol. The second-order valence-electron chi connectivity index (χ2n) is 5.38. The lowest BCUT2D eigenvalue weighted by Gasteiger charge is -2.34. The van der Waals surface area contributed by atoms with Gasteiger partial charge in [-0.2, -0.15) is 0 Å². The van der Waals surface area contributed by atoms with Crippen LogP contribution in [-0.2, 0) is 6.54 Å². The van der Waals surface area contributed by atoms with Crippen molar-refractivity contribution in [1.29, 1.82) is 0 Å². The van der Waals surface area contributed by atoms with E-state index in [-0.39, 0.29) is 23.0 Å². The van der Waals surface area contributed by atoms with Crippen molar-refractivity contribution in [3.63, 3.8) is 0 Å². The van der Waals surface area contributed by atoms with Crippen molar-refractivity contribution < 1.29 is 4.92 Å². The quantitative estimate of drug-likeness (QED) is 0.648. The van der Waals surface area contributed by atoms with E-state index >= 15 is 0 Å². The highest BCUT2D eigenvalue weighted by Gasteiger charge is 2.20. The van der Waals surface area contributed by atoms with Gasteiger partial charge < -0.3 is 5.32 Å². The van der Waals surface area contributed by atoms with Crippen LogP contribution in [0.1, 0.15) is 31.7 Å². The van der Waals surface area contributed by atoms with Gasteiger partial charge in [0.05, 0.1) is 4.92 Å². The molecule has 0 spiro atoms. The standard InChI is InChI=1S/C15H23N3O2.ClH/c1-2-11-17(14-7-9-16-10-8-14)12-13-3-5-15(6-4-13)18(19)20;/h3-6,14,16H,2,7-12H2,1H3;1H. The Morgan fingerprint density at radius 2 is 1.90 bits per heavy atom. The van der Waals surface area contributed by atoms with E-state index in [0.717, 1.165) is 38.2 Å². The molecule has 1 aliphatic heterocycles. The molecule has 0 amide bonds.